The molecule has 2 aromatic rings. The van der Waals surface area contributed by atoms with E-state index in [0.717, 1.165) is 6.42 Å². The van der Waals surface area contributed by atoms with Crippen molar-refractivity contribution < 1.29 is 4.79 Å². The van der Waals surface area contributed by atoms with Crippen LogP contribution in [0.15, 0.2) is 36.0 Å². The molecule has 0 aliphatic heterocycles. The smallest absolute Gasteiger partial charge is 0.241 e. The minimum absolute atomic E-state index is 0.000237. The molecule has 0 atom stereocenters. The molecular weight excluding hydrogens is 222 g/mol. The molecule has 16 heavy (non-hydrogen) atoms. The number of thiophene rings is 1. The Morgan fingerprint density at radius 2 is 2.44 bits per heavy atom. The van der Waals surface area contributed by atoms with Gasteiger partial charge in [-0.1, -0.05) is 6.07 Å². The number of nitrogens with one attached hydrogen (secondary N) is 1. The first-order valence-corrected chi connectivity index (χ1v) is 5.99. The number of carbonyl (C=O) groups is 1. The van der Waals surface area contributed by atoms with Gasteiger partial charge in [0.05, 0.1) is 0 Å². The summed E-state index contributed by atoms with van der Waals surface area (Å²) < 4.78 is 1.61. The molecule has 0 spiro atoms. The predicted molar refractivity (Wildman–Crippen MR) is 63.3 cm³/mol. The van der Waals surface area contributed by atoms with Crippen molar-refractivity contribution in [3.05, 3.63) is 40.8 Å². The van der Waals surface area contributed by atoms with Gasteiger partial charge in [0.1, 0.15) is 6.54 Å². The zero-order valence-electron chi connectivity index (χ0n) is 8.80. The maximum Gasteiger partial charge on any atom is 0.241 e. The van der Waals surface area contributed by atoms with Crippen molar-refractivity contribution >= 4 is 17.2 Å². The molecule has 0 aliphatic rings. The van der Waals surface area contributed by atoms with Crippen molar-refractivity contribution in [2.75, 3.05) is 6.54 Å². The van der Waals surface area contributed by atoms with Crippen LogP contribution in [0.4, 0.5) is 0 Å². The summed E-state index contributed by atoms with van der Waals surface area (Å²) in [7, 11) is 0. The summed E-state index contributed by atoms with van der Waals surface area (Å²) in [6.45, 7) is 0.970. The fourth-order valence-electron chi connectivity index (χ4n) is 1.38. The van der Waals surface area contributed by atoms with Gasteiger partial charge in [0.2, 0.25) is 5.91 Å². The van der Waals surface area contributed by atoms with Crippen molar-refractivity contribution in [2.24, 2.45) is 0 Å². The molecule has 0 aromatic carbocycles. The second-order valence-corrected chi connectivity index (χ2v) is 4.42. The number of hydrogen-bond donors (Lipinski definition) is 1. The summed E-state index contributed by atoms with van der Waals surface area (Å²) >= 11 is 1.71. The zero-order chi connectivity index (χ0) is 11.2. The van der Waals surface area contributed by atoms with E-state index in [0.29, 0.717) is 6.54 Å². The lowest BCUT2D eigenvalue weighted by Gasteiger charge is -2.04. The van der Waals surface area contributed by atoms with E-state index < -0.39 is 0 Å². The van der Waals surface area contributed by atoms with Crippen molar-refractivity contribution in [3.8, 4) is 0 Å². The van der Waals surface area contributed by atoms with Gasteiger partial charge < -0.3 is 5.32 Å². The summed E-state index contributed by atoms with van der Waals surface area (Å²) in [5.74, 6) is 0.000237. The van der Waals surface area contributed by atoms with Gasteiger partial charge in [0.25, 0.3) is 0 Å². The molecule has 0 radical (unpaired) electrons. The van der Waals surface area contributed by atoms with Crippen LogP contribution >= 0.6 is 11.3 Å². The number of nitrogens with zero attached hydrogens (tertiary/aromatic N) is 2. The summed E-state index contributed by atoms with van der Waals surface area (Å²) in [4.78, 5) is 12.8. The lowest BCUT2D eigenvalue weighted by atomic mass is 10.3. The Bertz CT molecular complexity index is 422. The fourth-order valence-corrected chi connectivity index (χ4v) is 2.09. The van der Waals surface area contributed by atoms with E-state index in [1.54, 1.807) is 34.5 Å². The molecule has 0 fully saturated rings. The Labute approximate surface area is 97.9 Å². The normalized spacial score (nSPS) is 10.2. The molecule has 5 heteroatoms. The average molecular weight is 235 g/mol. The Morgan fingerprint density at radius 3 is 3.12 bits per heavy atom. The molecule has 0 saturated heterocycles. The van der Waals surface area contributed by atoms with Crippen molar-refractivity contribution in [1.29, 1.82) is 0 Å². The number of carbonyl (C=O) groups excluding carboxylic acids is 1. The van der Waals surface area contributed by atoms with E-state index in [4.69, 9.17) is 0 Å². The third-order valence-corrected chi connectivity index (χ3v) is 3.07. The van der Waals surface area contributed by atoms with Crippen LogP contribution in [-0.4, -0.2) is 22.2 Å². The highest BCUT2D eigenvalue weighted by Crippen LogP contribution is 2.07. The quantitative estimate of drug-likeness (QED) is 0.849. The van der Waals surface area contributed by atoms with Gasteiger partial charge in [-0.05, 0) is 23.9 Å². The predicted octanol–water partition coefficient (Wildman–Crippen LogP) is 1.30. The zero-order valence-corrected chi connectivity index (χ0v) is 9.61. The highest BCUT2D eigenvalue weighted by Gasteiger charge is 2.02. The Morgan fingerprint density at radius 1 is 1.50 bits per heavy atom. The maximum atomic E-state index is 11.5. The Balaban J connectivity index is 1.68. The highest BCUT2D eigenvalue weighted by atomic mass is 32.1. The fraction of sp³-hybridized carbons (Fsp3) is 0.273. The number of hydrogen-bond acceptors (Lipinski definition) is 3. The van der Waals surface area contributed by atoms with Gasteiger partial charge in [0, 0.05) is 23.8 Å². The van der Waals surface area contributed by atoms with Crippen LogP contribution in [0.25, 0.3) is 0 Å². The van der Waals surface area contributed by atoms with Gasteiger partial charge in [-0.2, -0.15) is 5.10 Å². The highest BCUT2D eigenvalue weighted by molar-refractivity contribution is 7.09. The van der Waals surface area contributed by atoms with E-state index >= 15 is 0 Å². The first-order chi connectivity index (χ1) is 7.84. The number of aromatic nitrogens is 2. The third-order valence-electron chi connectivity index (χ3n) is 2.14. The monoisotopic (exact) mass is 235 g/mol. The summed E-state index contributed by atoms with van der Waals surface area (Å²) in [6.07, 6.45) is 4.33. The third kappa shape index (κ3) is 3.20. The van der Waals surface area contributed by atoms with Gasteiger partial charge in [-0.15, -0.1) is 11.3 Å². The second kappa shape index (κ2) is 5.46. The standard InChI is InChI=1S/C11H13N3OS/c15-11(9-14-7-2-5-13-14)12-6-4-10-3-1-8-16-10/h1-3,5,7-8H,4,6,9H2,(H,12,15). The van der Waals surface area contributed by atoms with Crippen LogP contribution in [0, 0.1) is 0 Å². The Hall–Kier alpha value is -1.62. The number of rotatable bonds is 5. The molecule has 0 aliphatic carbocycles. The summed E-state index contributed by atoms with van der Waals surface area (Å²) in [5.41, 5.74) is 0. The molecular formula is C11H13N3OS. The van der Waals surface area contributed by atoms with Gasteiger partial charge in [0.15, 0.2) is 0 Å². The van der Waals surface area contributed by atoms with E-state index in [1.165, 1.54) is 4.88 Å². The molecule has 1 amide bonds. The molecule has 0 saturated carbocycles. The van der Waals surface area contributed by atoms with Crippen LogP contribution in [0.1, 0.15) is 4.88 Å². The van der Waals surface area contributed by atoms with Crippen molar-refractivity contribution in [3.63, 3.8) is 0 Å². The SMILES string of the molecule is O=C(Cn1cccn1)NCCc1cccs1. The van der Waals surface area contributed by atoms with Crippen LogP contribution in [0.5, 0.6) is 0 Å². The first kappa shape index (κ1) is 10.9. The van der Waals surface area contributed by atoms with Gasteiger partial charge >= 0.3 is 0 Å². The van der Waals surface area contributed by atoms with E-state index in [9.17, 15) is 4.79 Å². The minimum atomic E-state index is 0.000237. The Kier molecular flexibility index (Phi) is 3.71. The van der Waals surface area contributed by atoms with E-state index in [1.807, 2.05) is 11.4 Å². The van der Waals surface area contributed by atoms with Crippen LogP contribution in [0.2, 0.25) is 0 Å². The second-order valence-electron chi connectivity index (χ2n) is 3.38. The van der Waals surface area contributed by atoms with Gasteiger partial charge in [-0.25, -0.2) is 0 Å². The van der Waals surface area contributed by atoms with E-state index in [2.05, 4.69) is 16.5 Å². The van der Waals surface area contributed by atoms with E-state index in [-0.39, 0.29) is 12.5 Å². The maximum absolute atomic E-state index is 11.5. The molecule has 0 unspecified atom stereocenters. The largest absolute Gasteiger partial charge is 0.354 e. The van der Waals surface area contributed by atoms with Crippen LogP contribution in [0.3, 0.4) is 0 Å². The molecule has 84 valence electrons. The first-order valence-electron chi connectivity index (χ1n) is 5.11. The number of amides is 1. The summed E-state index contributed by atoms with van der Waals surface area (Å²) in [6, 6.07) is 5.90. The van der Waals surface area contributed by atoms with Crippen molar-refractivity contribution in [1.82, 2.24) is 15.1 Å². The molecule has 2 heterocycles. The molecule has 2 aromatic heterocycles. The molecule has 1 N–H and O–H groups in total. The van der Waals surface area contributed by atoms with Crippen LogP contribution in [-0.2, 0) is 17.8 Å². The summed E-state index contributed by atoms with van der Waals surface area (Å²) in [5, 5.41) is 8.88. The van der Waals surface area contributed by atoms with Crippen LogP contribution < -0.4 is 5.32 Å². The average Bonchev–Trinajstić information content (AvgIpc) is 2.90. The molecule has 0 bridgehead atoms. The lowest BCUT2D eigenvalue weighted by Crippen LogP contribution is -2.29. The molecule has 2 rings (SSSR count). The topological polar surface area (TPSA) is 46.9 Å². The van der Waals surface area contributed by atoms with Gasteiger partial charge in [-0.3, -0.25) is 9.48 Å². The molecule has 4 nitrogen and oxygen atoms in total. The van der Waals surface area contributed by atoms with Crippen molar-refractivity contribution in [2.45, 2.75) is 13.0 Å². The minimum Gasteiger partial charge on any atom is -0.354 e. The lowest BCUT2D eigenvalue weighted by molar-refractivity contribution is -0.121.